The lowest BCUT2D eigenvalue weighted by atomic mass is 10.1. The molecule has 31 heavy (non-hydrogen) atoms. The third-order valence-corrected chi connectivity index (χ3v) is 4.34. The number of phenolic OH excluding ortho intramolecular Hbond substituents is 1. The van der Waals surface area contributed by atoms with Gasteiger partial charge >= 0.3 is 0 Å². The average Bonchev–Trinajstić information content (AvgIpc) is 2.66. The second-order valence-electron chi connectivity index (χ2n) is 6.71. The molecule has 0 radical (unpaired) electrons. The Kier molecular flexibility index (Phi) is 8.74. The Bertz CT molecular complexity index is 1090. The lowest BCUT2D eigenvalue weighted by molar-refractivity contribution is 0.104. The van der Waals surface area contributed by atoms with Crippen molar-refractivity contribution in [3.05, 3.63) is 107 Å². The molecule has 2 aromatic rings. The van der Waals surface area contributed by atoms with Crippen LogP contribution in [0.3, 0.4) is 0 Å². The summed E-state index contributed by atoms with van der Waals surface area (Å²) in [5.74, 6) is -0.369. The van der Waals surface area contributed by atoms with Crippen LogP contribution in [0.15, 0.2) is 85.4 Å². The number of rotatable bonds is 9. The molecule has 2 rings (SSSR count). The SMILES string of the molecule is C=C(C)C=COc1cc(O)c(C(=O)C=Cc2ccc(Cl)cc2Cl)c(OC=CC(=C)C)c1. The Labute approximate surface area is 192 Å². The topological polar surface area (TPSA) is 55.8 Å². The first-order valence-electron chi connectivity index (χ1n) is 9.19. The van der Waals surface area contributed by atoms with Crippen molar-refractivity contribution in [2.24, 2.45) is 0 Å². The highest BCUT2D eigenvalue weighted by molar-refractivity contribution is 6.35. The number of benzene rings is 2. The van der Waals surface area contributed by atoms with Gasteiger partial charge in [-0.1, -0.05) is 53.6 Å². The minimum atomic E-state index is -0.480. The van der Waals surface area contributed by atoms with Gasteiger partial charge in [-0.05, 0) is 55.8 Å². The van der Waals surface area contributed by atoms with Crippen LogP contribution in [0.1, 0.15) is 29.8 Å². The van der Waals surface area contributed by atoms with Crippen molar-refractivity contribution in [1.82, 2.24) is 0 Å². The molecule has 160 valence electrons. The van der Waals surface area contributed by atoms with Crippen LogP contribution in [0.25, 0.3) is 6.08 Å². The molecule has 0 aliphatic heterocycles. The Morgan fingerprint density at radius 3 is 2.23 bits per heavy atom. The van der Waals surface area contributed by atoms with E-state index in [4.69, 9.17) is 32.7 Å². The van der Waals surface area contributed by atoms with Gasteiger partial charge in [-0.25, -0.2) is 0 Å². The van der Waals surface area contributed by atoms with Crippen LogP contribution in [-0.2, 0) is 0 Å². The summed E-state index contributed by atoms with van der Waals surface area (Å²) in [7, 11) is 0. The van der Waals surface area contributed by atoms with Crippen molar-refractivity contribution in [2.75, 3.05) is 0 Å². The van der Waals surface area contributed by atoms with Crippen LogP contribution in [-0.4, -0.2) is 10.9 Å². The summed E-state index contributed by atoms with van der Waals surface area (Å²) >= 11 is 12.0. The number of halogens is 2. The second-order valence-corrected chi connectivity index (χ2v) is 7.56. The van der Waals surface area contributed by atoms with Crippen LogP contribution in [0.4, 0.5) is 0 Å². The highest BCUT2D eigenvalue weighted by Crippen LogP contribution is 2.35. The molecule has 0 heterocycles. The zero-order chi connectivity index (χ0) is 23.0. The lowest BCUT2D eigenvalue weighted by Gasteiger charge is -2.11. The van der Waals surface area contributed by atoms with Gasteiger partial charge in [0, 0.05) is 22.2 Å². The van der Waals surface area contributed by atoms with E-state index in [9.17, 15) is 9.90 Å². The Morgan fingerprint density at radius 1 is 0.968 bits per heavy atom. The minimum Gasteiger partial charge on any atom is -0.507 e. The number of hydrogen-bond acceptors (Lipinski definition) is 4. The van der Waals surface area contributed by atoms with Crippen LogP contribution >= 0.6 is 23.2 Å². The molecule has 0 aliphatic carbocycles. The van der Waals surface area contributed by atoms with Gasteiger partial charge in [-0.2, -0.15) is 0 Å². The molecule has 0 saturated heterocycles. The fraction of sp³-hybridized carbons (Fsp3) is 0.0800. The maximum atomic E-state index is 12.8. The number of hydrogen-bond donors (Lipinski definition) is 1. The van der Waals surface area contributed by atoms with Crippen molar-refractivity contribution in [3.63, 3.8) is 0 Å². The van der Waals surface area contributed by atoms with E-state index in [0.717, 1.165) is 11.1 Å². The third-order valence-electron chi connectivity index (χ3n) is 3.78. The highest BCUT2D eigenvalue weighted by Gasteiger charge is 2.18. The lowest BCUT2D eigenvalue weighted by Crippen LogP contribution is -2.00. The summed E-state index contributed by atoms with van der Waals surface area (Å²) in [5, 5.41) is 11.4. The summed E-state index contributed by atoms with van der Waals surface area (Å²) in [4.78, 5) is 12.8. The smallest absolute Gasteiger partial charge is 0.193 e. The molecule has 1 N–H and O–H groups in total. The first-order valence-corrected chi connectivity index (χ1v) is 9.95. The maximum absolute atomic E-state index is 12.8. The average molecular weight is 457 g/mol. The number of allylic oxidation sites excluding steroid dienone is 5. The number of ketones is 1. The monoisotopic (exact) mass is 456 g/mol. The molecule has 0 aromatic heterocycles. The van der Waals surface area contributed by atoms with E-state index in [1.807, 2.05) is 6.92 Å². The van der Waals surface area contributed by atoms with Gasteiger partial charge in [0.05, 0.1) is 12.5 Å². The fourth-order valence-electron chi connectivity index (χ4n) is 2.32. The molecular formula is C25H22Cl2O4. The second kappa shape index (κ2) is 11.3. The summed E-state index contributed by atoms with van der Waals surface area (Å²) in [6.45, 7) is 11.1. The molecule has 2 aromatic carbocycles. The molecule has 6 heteroatoms. The third kappa shape index (κ3) is 7.52. The first-order chi connectivity index (χ1) is 14.7. The van der Waals surface area contributed by atoms with Crippen molar-refractivity contribution in [1.29, 1.82) is 0 Å². The maximum Gasteiger partial charge on any atom is 0.193 e. The van der Waals surface area contributed by atoms with Gasteiger partial charge in [-0.3, -0.25) is 4.79 Å². The van der Waals surface area contributed by atoms with Crippen LogP contribution in [0.5, 0.6) is 17.2 Å². The van der Waals surface area contributed by atoms with Gasteiger partial charge < -0.3 is 14.6 Å². The summed E-state index contributed by atoms with van der Waals surface area (Å²) in [5.41, 5.74) is 2.13. The molecule has 0 unspecified atom stereocenters. The van der Waals surface area contributed by atoms with Crippen molar-refractivity contribution < 1.29 is 19.4 Å². The Balaban J connectivity index is 2.40. The largest absolute Gasteiger partial charge is 0.507 e. The number of carbonyl (C=O) groups excluding carboxylic acids is 1. The minimum absolute atomic E-state index is 0.0241. The van der Waals surface area contributed by atoms with E-state index in [-0.39, 0.29) is 22.8 Å². The molecule has 0 amide bonds. The molecule has 0 saturated carbocycles. The van der Waals surface area contributed by atoms with Crippen LogP contribution in [0, 0.1) is 0 Å². The normalized spacial score (nSPS) is 11.4. The van der Waals surface area contributed by atoms with Gasteiger partial charge in [0.1, 0.15) is 22.8 Å². The molecular weight excluding hydrogens is 435 g/mol. The summed E-state index contributed by atoms with van der Waals surface area (Å²) < 4.78 is 11.1. The van der Waals surface area contributed by atoms with Gasteiger partial charge in [0.25, 0.3) is 0 Å². The zero-order valence-electron chi connectivity index (χ0n) is 17.2. The molecule has 0 atom stereocenters. The molecule has 0 aliphatic rings. The Hall–Kier alpha value is -3.21. The number of phenols is 1. The zero-order valence-corrected chi connectivity index (χ0v) is 18.7. The fourth-order valence-corrected chi connectivity index (χ4v) is 2.79. The van der Waals surface area contributed by atoms with E-state index in [2.05, 4.69) is 13.2 Å². The van der Waals surface area contributed by atoms with Crippen molar-refractivity contribution >= 4 is 35.1 Å². The summed E-state index contributed by atoms with van der Waals surface area (Å²) in [6.07, 6.45) is 8.92. The van der Waals surface area contributed by atoms with Gasteiger partial charge in [-0.15, -0.1) is 0 Å². The van der Waals surface area contributed by atoms with Crippen molar-refractivity contribution in [2.45, 2.75) is 13.8 Å². The van der Waals surface area contributed by atoms with E-state index in [0.29, 0.717) is 15.6 Å². The first kappa shape index (κ1) is 24.1. The van der Waals surface area contributed by atoms with E-state index < -0.39 is 5.78 Å². The van der Waals surface area contributed by atoms with Crippen LogP contribution in [0.2, 0.25) is 10.0 Å². The molecule has 0 bridgehead atoms. The predicted molar refractivity (Wildman–Crippen MR) is 127 cm³/mol. The van der Waals surface area contributed by atoms with E-state index in [1.54, 1.807) is 37.3 Å². The molecule has 4 nitrogen and oxygen atoms in total. The molecule has 0 fully saturated rings. The number of aromatic hydroxyl groups is 1. The van der Waals surface area contributed by atoms with Gasteiger partial charge in [0.15, 0.2) is 5.78 Å². The Morgan fingerprint density at radius 2 is 1.61 bits per heavy atom. The highest BCUT2D eigenvalue weighted by atomic mass is 35.5. The van der Waals surface area contributed by atoms with E-state index >= 15 is 0 Å². The van der Waals surface area contributed by atoms with Crippen molar-refractivity contribution in [3.8, 4) is 17.2 Å². The van der Waals surface area contributed by atoms with Crippen LogP contribution < -0.4 is 9.47 Å². The molecule has 0 spiro atoms. The standard InChI is InChI=1S/C25H22Cl2O4/c1-16(2)9-11-30-20-14-23(29)25(24(15-20)31-12-10-17(3)4)22(28)8-6-18-5-7-19(26)13-21(18)27/h5-15,29H,1,3H2,2,4H3. The number of ether oxygens (including phenoxy) is 2. The summed E-state index contributed by atoms with van der Waals surface area (Å²) in [6, 6.07) is 7.76. The number of carbonyl (C=O) groups is 1. The quantitative estimate of drug-likeness (QED) is 0.183. The van der Waals surface area contributed by atoms with E-state index in [1.165, 1.54) is 36.8 Å². The van der Waals surface area contributed by atoms with Gasteiger partial charge in [0.2, 0.25) is 0 Å². The predicted octanol–water partition coefficient (Wildman–Crippen LogP) is 7.53.